The molecule has 1 saturated heterocycles. The van der Waals surface area contributed by atoms with E-state index in [1.54, 1.807) is 12.4 Å². The predicted molar refractivity (Wildman–Crippen MR) is 99.2 cm³/mol. The average molecular weight is 354 g/mol. The van der Waals surface area contributed by atoms with Crippen molar-refractivity contribution in [1.29, 1.82) is 0 Å². The average Bonchev–Trinajstić information content (AvgIpc) is 3.22. The van der Waals surface area contributed by atoms with Crippen molar-refractivity contribution in [2.75, 3.05) is 25.5 Å². The Bertz CT molecular complexity index is 810. The molecule has 1 aliphatic carbocycles. The van der Waals surface area contributed by atoms with Gasteiger partial charge in [0.25, 0.3) is 5.91 Å². The Kier molecular flexibility index (Phi) is 4.38. The fourth-order valence-corrected chi connectivity index (χ4v) is 3.64. The number of likely N-dealkylation sites (tertiary alicyclic amines) is 1. The molecule has 0 aromatic carbocycles. The molecule has 3 heterocycles. The Balaban J connectivity index is 1.62. The Morgan fingerprint density at radius 2 is 2.04 bits per heavy atom. The molecule has 0 unspecified atom stereocenters. The first-order chi connectivity index (χ1) is 12.6. The Morgan fingerprint density at radius 3 is 2.73 bits per heavy atom. The van der Waals surface area contributed by atoms with E-state index < -0.39 is 0 Å². The molecule has 2 aromatic rings. The van der Waals surface area contributed by atoms with Crippen LogP contribution in [-0.2, 0) is 6.54 Å². The molecule has 0 radical (unpaired) electrons. The zero-order chi connectivity index (χ0) is 18.3. The van der Waals surface area contributed by atoms with Crippen molar-refractivity contribution < 1.29 is 4.79 Å². The lowest BCUT2D eigenvalue weighted by Gasteiger charge is -2.25. The van der Waals surface area contributed by atoms with Crippen LogP contribution in [0.15, 0.2) is 18.5 Å². The van der Waals surface area contributed by atoms with E-state index in [9.17, 15) is 4.79 Å². The Morgan fingerprint density at radius 1 is 1.23 bits per heavy atom. The SMILES string of the molecule is CCn1nc(C2CC2)cc1C(=O)N1CCC[C@@H]1c1cncc(N(C)C)n1. The summed E-state index contributed by atoms with van der Waals surface area (Å²) in [6, 6.07) is 1.99. The Hall–Kier alpha value is -2.44. The number of carbonyl (C=O) groups excluding carboxylic acids is 1. The number of hydrogen-bond donors (Lipinski definition) is 0. The van der Waals surface area contributed by atoms with Gasteiger partial charge in [-0.2, -0.15) is 5.10 Å². The molecule has 138 valence electrons. The van der Waals surface area contributed by atoms with Crippen molar-refractivity contribution in [1.82, 2.24) is 24.6 Å². The maximum atomic E-state index is 13.3. The molecule has 1 amide bonds. The van der Waals surface area contributed by atoms with E-state index in [0.29, 0.717) is 18.2 Å². The van der Waals surface area contributed by atoms with Crippen molar-refractivity contribution in [3.05, 3.63) is 35.5 Å². The second-order valence-corrected chi connectivity index (χ2v) is 7.40. The van der Waals surface area contributed by atoms with Crippen LogP contribution in [0.4, 0.5) is 5.82 Å². The van der Waals surface area contributed by atoms with Crippen LogP contribution in [0.3, 0.4) is 0 Å². The molecule has 2 fully saturated rings. The summed E-state index contributed by atoms with van der Waals surface area (Å²) >= 11 is 0. The number of rotatable bonds is 5. The quantitative estimate of drug-likeness (QED) is 0.826. The number of hydrogen-bond acceptors (Lipinski definition) is 5. The number of aromatic nitrogens is 4. The van der Waals surface area contributed by atoms with Gasteiger partial charge in [-0.25, -0.2) is 4.98 Å². The van der Waals surface area contributed by atoms with Crippen LogP contribution in [0.2, 0.25) is 0 Å². The van der Waals surface area contributed by atoms with E-state index in [1.165, 1.54) is 12.8 Å². The minimum Gasteiger partial charge on any atom is -0.361 e. The summed E-state index contributed by atoms with van der Waals surface area (Å²) in [4.78, 5) is 26.2. The van der Waals surface area contributed by atoms with Crippen LogP contribution in [0.25, 0.3) is 0 Å². The number of carbonyl (C=O) groups is 1. The number of anilines is 1. The molecule has 7 heteroatoms. The van der Waals surface area contributed by atoms with Crippen LogP contribution in [0.1, 0.15) is 66.4 Å². The first kappa shape index (κ1) is 17.0. The first-order valence-corrected chi connectivity index (χ1v) is 9.46. The van der Waals surface area contributed by atoms with Gasteiger partial charge >= 0.3 is 0 Å². The summed E-state index contributed by atoms with van der Waals surface area (Å²) in [7, 11) is 3.90. The zero-order valence-corrected chi connectivity index (χ0v) is 15.7. The number of nitrogens with zero attached hydrogens (tertiary/aromatic N) is 6. The van der Waals surface area contributed by atoms with E-state index in [1.807, 2.05) is 41.6 Å². The molecule has 1 aliphatic heterocycles. The van der Waals surface area contributed by atoms with E-state index in [-0.39, 0.29) is 11.9 Å². The molecule has 1 saturated carbocycles. The van der Waals surface area contributed by atoms with Crippen LogP contribution < -0.4 is 4.90 Å². The summed E-state index contributed by atoms with van der Waals surface area (Å²) in [5.41, 5.74) is 2.64. The predicted octanol–water partition coefficient (Wildman–Crippen LogP) is 2.61. The van der Waals surface area contributed by atoms with E-state index in [4.69, 9.17) is 4.98 Å². The maximum absolute atomic E-state index is 13.3. The van der Waals surface area contributed by atoms with Gasteiger partial charge in [0.2, 0.25) is 0 Å². The highest BCUT2D eigenvalue weighted by molar-refractivity contribution is 5.93. The molecule has 0 N–H and O–H groups in total. The van der Waals surface area contributed by atoms with Crippen LogP contribution in [0, 0.1) is 0 Å². The molecule has 2 aliphatic rings. The zero-order valence-electron chi connectivity index (χ0n) is 15.7. The third kappa shape index (κ3) is 3.06. The third-order valence-corrected chi connectivity index (χ3v) is 5.27. The lowest BCUT2D eigenvalue weighted by molar-refractivity contribution is 0.0720. The summed E-state index contributed by atoms with van der Waals surface area (Å²) in [6.07, 6.45) is 7.82. The minimum absolute atomic E-state index is 0.0144. The summed E-state index contributed by atoms with van der Waals surface area (Å²) in [5, 5.41) is 4.65. The molecular formula is C19H26N6O. The number of aryl methyl sites for hydroxylation is 1. The molecule has 1 atom stereocenters. The maximum Gasteiger partial charge on any atom is 0.272 e. The summed E-state index contributed by atoms with van der Waals surface area (Å²) in [6.45, 7) is 3.50. The van der Waals surface area contributed by atoms with Crippen molar-refractivity contribution in [2.24, 2.45) is 0 Å². The van der Waals surface area contributed by atoms with Gasteiger partial charge in [0.1, 0.15) is 11.5 Å². The first-order valence-electron chi connectivity index (χ1n) is 9.46. The van der Waals surface area contributed by atoms with Gasteiger partial charge < -0.3 is 9.80 Å². The normalized spacial score (nSPS) is 19.8. The Labute approximate surface area is 154 Å². The lowest BCUT2D eigenvalue weighted by Crippen LogP contribution is -2.33. The van der Waals surface area contributed by atoms with Gasteiger partial charge in [-0.15, -0.1) is 0 Å². The third-order valence-electron chi connectivity index (χ3n) is 5.27. The standard InChI is InChI=1S/C19H26N6O/c1-4-25-17(10-14(22-25)13-7-8-13)19(26)24-9-5-6-16(24)15-11-20-12-18(21-15)23(2)3/h10-13,16H,4-9H2,1-3H3/t16-/m1/s1. The van der Waals surface area contributed by atoms with Crippen LogP contribution >= 0.6 is 0 Å². The monoisotopic (exact) mass is 354 g/mol. The van der Waals surface area contributed by atoms with E-state index in [2.05, 4.69) is 10.1 Å². The van der Waals surface area contributed by atoms with Gasteiger partial charge in [0, 0.05) is 33.1 Å². The fourth-order valence-electron chi connectivity index (χ4n) is 3.64. The molecule has 2 aromatic heterocycles. The molecule has 0 bridgehead atoms. The molecule has 4 rings (SSSR count). The van der Waals surface area contributed by atoms with Gasteiger partial charge in [0.15, 0.2) is 0 Å². The molecule has 7 nitrogen and oxygen atoms in total. The second-order valence-electron chi connectivity index (χ2n) is 7.40. The largest absolute Gasteiger partial charge is 0.361 e. The van der Waals surface area contributed by atoms with Gasteiger partial charge in [0.05, 0.1) is 29.8 Å². The van der Waals surface area contributed by atoms with E-state index >= 15 is 0 Å². The van der Waals surface area contributed by atoms with E-state index in [0.717, 1.165) is 36.6 Å². The van der Waals surface area contributed by atoms with Crippen molar-refractivity contribution in [2.45, 2.75) is 51.1 Å². The molecule has 26 heavy (non-hydrogen) atoms. The highest BCUT2D eigenvalue weighted by Gasteiger charge is 2.35. The van der Waals surface area contributed by atoms with Gasteiger partial charge in [-0.05, 0) is 38.7 Å². The smallest absolute Gasteiger partial charge is 0.272 e. The highest BCUT2D eigenvalue weighted by Crippen LogP contribution is 2.40. The summed E-state index contributed by atoms with van der Waals surface area (Å²) < 4.78 is 1.85. The van der Waals surface area contributed by atoms with Crippen LogP contribution in [0.5, 0.6) is 0 Å². The van der Waals surface area contributed by atoms with Gasteiger partial charge in [-0.1, -0.05) is 0 Å². The fraction of sp³-hybridized carbons (Fsp3) is 0.579. The highest BCUT2D eigenvalue weighted by atomic mass is 16.2. The molecular weight excluding hydrogens is 328 g/mol. The topological polar surface area (TPSA) is 67.2 Å². The second kappa shape index (κ2) is 6.70. The minimum atomic E-state index is -0.0144. The van der Waals surface area contributed by atoms with Crippen molar-refractivity contribution in [3.8, 4) is 0 Å². The van der Waals surface area contributed by atoms with Gasteiger partial charge in [-0.3, -0.25) is 14.5 Å². The summed E-state index contributed by atoms with van der Waals surface area (Å²) in [5.74, 6) is 1.42. The lowest BCUT2D eigenvalue weighted by atomic mass is 10.1. The van der Waals surface area contributed by atoms with Crippen molar-refractivity contribution >= 4 is 11.7 Å². The van der Waals surface area contributed by atoms with Crippen LogP contribution in [-0.4, -0.2) is 51.2 Å². The van der Waals surface area contributed by atoms with Crippen molar-refractivity contribution in [3.63, 3.8) is 0 Å². The number of amides is 1. The molecule has 0 spiro atoms.